The van der Waals surface area contributed by atoms with Gasteiger partial charge in [-0.3, -0.25) is 25.2 Å². The molecule has 8 heteroatoms. The van der Waals surface area contributed by atoms with Gasteiger partial charge in [0.25, 0.3) is 5.91 Å². The average Bonchev–Trinajstić information content (AvgIpc) is 2.74. The second kappa shape index (κ2) is 11.5. The number of carbonyl (C=O) groups is 3. The van der Waals surface area contributed by atoms with Crippen molar-refractivity contribution >= 4 is 33.7 Å². The molecule has 0 spiro atoms. The van der Waals surface area contributed by atoms with Gasteiger partial charge in [-0.05, 0) is 29.2 Å². The molecule has 2 rings (SSSR count). The Morgan fingerprint density at radius 2 is 1.55 bits per heavy atom. The largest absolute Gasteiger partial charge is 0.483 e. The van der Waals surface area contributed by atoms with E-state index in [1.54, 1.807) is 6.07 Å². The predicted molar refractivity (Wildman–Crippen MR) is 122 cm³/mol. The van der Waals surface area contributed by atoms with Crippen molar-refractivity contribution in [3.05, 3.63) is 64.1 Å². The van der Waals surface area contributed by atoms with Crippen LogP contribution in [-0.2, 0) is 26.3 Å². The van der Waals surface area contributed by atoms with Gasteiger partial charge in [0.1, 0.15) is 5.75 Å². The number of hydrogen-bond donors (Lipinski definition) is 3. The molecule has 0 heterocycles. The van der Waals surface area contributed by atoms with Gasteiger partial charge in [0.15, 0.2) is 6.61 Å². The van der Waals surface area contributed by atoms with Gasteiger partial charge in [0, 0.05) is 29.4 Å². The first-order valence-electron chi connectivity index (χ1n) is 9.96. The summed E-state index contributed by atoms with van der Waals surface area (Å²) in [5.74, 6) is -0.585. The summed E-state index contributed by atoms with van der Waals surface area (Å²) in [5.41, 5.74) is 6.37. The van der Waals surface area contributed by atoms with Crippen molar-refractivity contribution in [3.8, 4) is 5.75 Å². The fourth-order valence-corrected chi connectivity index (χ4v) is 3.07. The number of hydrogen-bond acceptors (Lipinski definition) is 4. The minimum absolute atomic E-state index is 0.0267. The molecule has 0 aliphatic heterocycles. The van der Waals surface area contributed by atoms with Crippen molar-refractivity contribution in [2.75, 3.05) is 6.61 Å². The molecule has 0 aromatic heterocycles. The molecule has 0 radical (unpaired) electrons. The van der Waals surface area contributed by atoms with E-state index in [-0.39, 0.29) is 30.8 Å². The Balaban J connectivity index is 1.69. The fourth-order valence-electron chi connectivity index (χ4n) is 2.71. The Bertz CT molecular complexity index is 911. The van der Waals surface area contributed by atoms with E-state index in [0.717, 1.165) is 15.6 Å². The molecule has 0 saturated heterocycles. The topological polar surface area (TPSA) is 96.5 Å². The monoisotopic (exact) mass is 489 g/mol. The lowest BCUT2D eigenvalue weighted by atomic mass is 9.86. The molecule has 166 valence electrons. The SMILES string of the molecule is CC(C)(C)c1cc(Br)ccc1OCC(=O)NNC(=O)CCC(=O)NCc1ccccc1. The minimum Gasteiger partial charge on any atom is -0.483 e. The van der Waals surface area contributed by atoms with Crippen LogP contribution in [-0.4, -0.2) is 24.3 Å². The van der Waals surface area contributed by atoms with E-state index in [0.29, 0.717) is 12.3 Å². The third kappa shape index (κ3) is 8.80. The van der Waals surface area contributed by atoms with Crippen molar-refractivity contribution in [2.24, 2.45) is 0 Å². The molecule has 0 saturated carbocycles. The molecule has 0 atom stereocenters. The smallest absolute Gasteiger partial charge is 0.276 e. The van der Waals surface area contributed by atoms with Crippen LogP contribution in [0.1, 0.15) is 44.7 Å². The summed E-state index contributed by atoms with van der Waals surface area (Å²) in [5, 5.41) is 2.75. The second-order valence-corrected chi connectivity index (χ2v) is 8.95. The maximum absolute atomic E-state index is 12.0. The van der Waals surface area contributed by atoms with Crippen LogP contribution in [0, 0.1) is 0 Å². The zero-order chi connectivity index (χ0) is 22.9. The van der Waals surface area contributed by atoms with Crippen LogP contribution < -0.4 is 20.9 Å². The van der Waals surface area contributed by atoms with Gasteiger partial charge < -0.3 is 10.1 Å². The van der Waals surface area contributed by atoms with Gasteiger partial charge in [-0.25, -0.2) is 0 Å². The van der Waals surface area contributed by atoms with Crippen LogP contribution in [0.15, 0.2) is 53.0 Å². The summed E-state index contributed by atoms with van der Waals surface area (Å²) in [6, 6.07) is 15.1. The summed E-state index contributed by atoms with van der Waals surface area (Å²) in [6.07, 6.45) is -0.0124. The highest BCUT2D eigenvalue weighted by atomic mass is 79.9. The Labute approximate surface area is 191 Å². The quantitative estimate of drug-likeness (QED) is 0.495. The van der Waals surface area contributed by atoms with Crippen molar-refractivity contribution in [1.82, 2.24) is 16.2 Å². The zero-order valence-corrected chi connectivity index (χ0v) is 19.5. The predicted octanol–water partition coefficient (Wildman–Crippen LogP) is 3.37. The van der Waals surface area contributed by atoms with Crippen LogP contribution in [0.3, 0.4) is 0 Å². The van der Waals surface area contributed by atoms with E-state index < -0.39 is 11.8 Å². The number of halogens is 1. The Morgan fingerprint density at radius 3 is 2.23 bits per heavy atom. The number of hydrazine groups is 1. The first-order valence-corrected chi connectivity index (χ1v) is 10.8. The number of amides is 3. The third-order valence-electron chi connectivity index (χ3n) is 4.36. The standard InChI is InChI=1S/C23H28BrN3O4/c1-23(2,3)18-13-17(24)9-10-19(18)31-15-22(30)27-26-21(29)12-11-20(28)25-14-16-7-5-4-6-8-16/h4-10,13H,11-12,14-15H2,1-3H3,(H,25,28)(H,26,29)(H,27,30). The molecule has 0 fully saturated rings. The lowest BCUT2D eigenvalue weighted by Gasteiger charge is -2.23. The summed E-state index contributed by atoms with van der Waals surface area (Å²) in [6.45, 7) is 6.32. The van der Waals surface area contributed by atoms with Crippen molar-refractivity contribution in [2.45, 2.75) is 45.6 Å². The maximum atomic E-state index is 12.0. The highest BCUT2D eigenvalue weighted by Gasteiger charge is 2.20. The minimum atomic E-state index is -0.496. The molecule has 2 aromatic carbocycles. The van der Waals surface area contributed by atoms with E-state index >= 15 is 0 Å². The van der Waals surface area contributed by atoms with Gasteiger partial charge in [-0.15, -0.1) is 0 Å². The molecule has 2 aromatic rings. The van der Waals surface area contributed by atoms with Crippen LogP contribution >= 0.6 is 15.9 Å². The normalized spacial score (nSPS) is 10.8. The average molecular weight is 490 g/mol. The van der Waals surface area contributed by atoms with E-state index in [2.05, 4.69) is 52.9 Å². The lowest BCUT2D eigenvalue weighted by Crippen LogP contribution is -2.44. The number of ether oxygens (including phenoxy) is 1. The van der Waals surface area contributed by atoms with Crippen LogP contribution in [0.4, 0.5) is 0 Å². The number of nitrogens with one attached hydrogen (secondary N) is 3. The molecule has 0 unspecified atom stereocenters. The van der Waals surface area contributed by atoms with E-state index in [1.165, 1.54) is 0 Å². The summed E-state index contributed by atoms with van der Waals surface area (Å²) < 4.78 is 6.56. The number of rotatable bonds is 8. The van der Waals surface area contributed by atoms with E-state index in [4.69, 9.17) is 4.74 Å². The molecule has 0 aliphatic carbocycles. The van der Waals surface area contributed by atoms with Crippen LogP contribution in [0.25, 0.3) is 0 Å². The molecule has 3 amide bonds. The third-order valence-corrected chi connectivity index (χ3v) is 4.85. The number of carbonyl (C=O) groups excluding carboxylic acids is 3. The molecular weight excluding hydrogens is 462 g/mol. The first-order chi connectivity index (χ1) is 14.6. The van der Waals surface area contributed by atoms with Crippen LogP contribution in [0.2, 0.25) is 0 Å². The van der Waals surface area contributed by atoms with Gasteiger partial charge >= 0.3 is 0 Å². The van der Waals surface area contributed by atoms with Crippen molar-refractivity contribution < 1.29 is 19.1 Å². The fraction of sp³-hybridized carbons (Fsp3) is 0.348. The van der Waals surface area contributed by atoms with Gasteiger partial charge in [-0.1, -0.05) is 67.0 Å². The summed E-state index contributed by atoms with van der Waals surface area (Å²) in [7, 11) is 0. The highest BCUT2D eigenvalue weighted by Crippen LogP contribution is 2.33. The molecule has 3 N–H and O–H groups in total. The van der Waals surface area contributed by atoms with Crippen molar-refractivity contribution in [1.29, 1.82) is 0 Å². The zero-order valence-electron chi connectivity index (χ0n) is 18.0. The lowest BCUT2D eigenvalue weighted by molar-refractivity contribution is -0.131. The van der Waals surface area contributed by atoms with Gasteiger partial charge in [0.2, 0.25) is 11.8 Å². The summed E-state index contributed by atoms with van der Waals surface area (Å²) >= 11 is 3.45. The van der Waals surface area contributed by atoms with Gasteiger partial charge in [-0.2, -0.15) is 0 Å². The van der Waals surface area contributed by atoms with Gasteiger partial charge in [0.05, 0.1) is 0 Å². The number of benzene rings is 2. The Hall–Kier alpha value is -2.87. The van der Waals surface area contributed by atoms with Crippen LogP contribution in [0.5, 0.6) is 5.75 Å². The van der Waals surface area contributed by atoms with E-state index in [1.807, 2.05) is 42.5 Å². The second-order valence-electron chi connectivity index (χ2n) is 8.04. The molecule has 31 heavy (non-hydrogen) atoms. The maximum Gasteiger partial charge on any atom is 0.276 e. The molecule has 0 bridgehead atoms. The molecule has 0 aliphatic rings. The molecular formula is C23H28BrN3O4. The Kier molecular flexibility index (Phi) is 9.05. The molecule has 7 nitrogen and oxygen atoms in total. The Morgan fingerprint density at radius 1 is 0.903 bits per heavy atom. The highest BCUT2D eigenvalue weighted by molar-refractivity contribution is 9.10. The summed E-state index contributed by atoms with van der Waals surface area (Å²) in [4.78, 5) is 35.7. The van der Waals surface area contributed by atoms with E-state index in [9.17, 15) is 14.4 Å². The van der Waals surface area contributed by atoms with Crippen molar-refractivity contribution in [3.63, 3.8) is 0 Å². The first kappa shape index (κ1) is 24.4.